The van der Waals surface area contributed by atoms with Crippen LogP contribution in [0.25, 0.3) is 0 Å². The number of halogens is 1. The van der Waals surface area contributed by atoms with E-state index in [0.29, 0.717) is 6.54 Å². The van der Waals surface area contributed by atoms with Crippen molar-refractivity contribution in [1.29, 1.82) is 0 Å². The number of phenols is 1. The molecule has 1 amide bonds. The second-order valence-corrected chi connectivity index (χ2v) is 5.70. The van der Waals surface area contributed by atoms with Gasteiger partial charge in [0.05, 0.1) is 0 Å². The molecule has 3 nitrogen and oxygen atoms in total. The summed E-state index contributed by atoms with van der Waals surface area (Å²) in [5.41, 5.74) is 3.39. The zero-order valence-corrected chi connectivity index (χ0v) is 11.5. The van der Waals surface area contributed by atoms with Crippen molar-refractivity contribution in [2.24, 2.45) is 0 Å². The van der Waals surface area contributed by atoms with Crippen LogP contribution >= 0.6 is 11.6 Å². The first-order valence-electron chi connectivity index (χ1n) is 6.12. The fourth-order valence-electron chi connectivity index (χ4n) is 2.48. The van der Waals surface area contributed by atoms with Crippen LogP contribution in [0, 0.1) is 0 Å². The van der Waals surface area contributed by atoms with Crippen molar-refractivity contribution in [3.63, 3.8) is 0 Å². The molecular weight excluding hydrogens is 250 g/mol. The van der Waals surface area contributed by atoms with E-state index in [9.17, 15) is 9.90 Å². The molecule has 1 aromatic rings. The predicted molar refractivity (Wildman–Crippen MR) is 72.0 cm³/mol. The fraction of sp³-hybridized carbons (Fsp3) is 0.500. The fourth-order valence-corrected chi connectivity index (χ4v) is 2.57. The summed E-state index contributed by atoms with van der Waals surface area (Å²) in [7, 11) is 0. The van der Waals surface area contributed by atoms with Crippen LogP contribution < -0.4 is 5.32 Å². The molecule has 2 N–H and O–H groups in total. The Morgan fingerprint density at radius 2 is 2.22 bits per heavy atom. The summed E-state index contributed by atoms with van der Waals surface area (Å²) in [4.78, 5) is 11.1. The van der Waals surface area contributed by atoms with E-state index in [4.69, 9.17) is 11.6 Å². The number of aryl methyl sites for hydroxylation is 1. The summed E-state index contributed by atoms with van der Waals surface area (Å²) in [6.07, 6.45) is 2.10. The number of nitrogens with one attached hydrogen (secondary N) is 1. The molecule has 0 spiro atoms. The molecule has 0 fully saturated rings. The van der Waals surface area contributed by atoms with Crippen LogP contribution in [0.1, 0.15) is 37.0 Å². The largest absolute Gasteiger partial charge is 0.508 e. The number of rotatable bonds is 3. The van der Waals surface area contributed by atoms with Gasteiger partial charge in [-0.05, 0) is 41.5 Å². The number of hydrogen-bond donors (Lipinski definition) is 2. The zero-order valence-electron chi connectivity index (χ0n) is 10.7. The average Bonchev–Trinajstić information content (AvgIpc) is 2.61. The molecule has 0 heterocycles. The first-order chi connectivity index (χ1) is 8.44. The number of carbonyl (C=O) groups excluding carboxylic acids is 1. The van der Waals surface area contributed by atoms with Crippen molar-refractivity contribution in [3.8, 4) is 5.75 Å². The molecule has 1 aromatic carbocycles. The van der Waals surface area contributed by atoms with E-state index >= 15 is 0 Å². The van der Waals surface area contributed by atoms with Crippen molar-refractivity contribution in [2.75, 3.05) is 5.88 Å². The summed E-state index contributed by atoms with van der Waals surface area (Å²) < 4.78 is 0. The second-order valence-electron chi connectivity index (χ2n) is 5.43. The third kappa shape index (κ3) is 2.46. The van der Waals surface area contributed by atoms with Crippen LogP contribution in [0.2, 0.25) is 0 Å². The molecule has 0 saturated heterocycles. The van der Waals surface area contributed by atoms with Crippen LogP contribution in [0.15, 0.2) is 12.1 Å². The van der Waals surface area contributed by atoms with E-state index in [1.807, 2.05) is 12.1 Å². The van der Waals surface area contributed by atoms with E-state index in [0.717, 1.165) is 18.4 Å². The van der Waals surface area contributed by atoms with E-state index in [1.54, 1.807) is 0 Å². The molecule has 0 saturated carbocycles. The maximum absolute atomic E-state index is 11.1. The van der Waals surface area contributed by atoms with Crippen molar-refractivity contribution in [1.82, 2.24) is 5.32 Å². The minimum absolute atomic E-state index is 0.0583. The zero-order chi connectivity index (χ0) is 13.3. The Labute approximate surface area is 112 Å². The molecule has 0 aliphatic heterocycles. The van der Waals surface area contributed by atoms with Crippen LogP contribution in [0.3, 0.4) is 0 Å². The Hall–Kier alpha value is -1.22. The number of aromatic hydroxyl groups is 1. The molecule has 0 bridgehead atoms. The number of fused-ring (bicyclic) bond motifs is 1. The standard InChI is InChI=1S/C14H18ClNO2/c1-14(2)4-3-9-6-12(17)10(5-11(9)14)8-16-13(18)7-15/h5-6,17H,3-4,7-8H2,1-2H3,(H,16,18). The summed E-state index contributed by atoms with van der Waals surface area (Å²) in [5.74, 6) is -0.0332. The Balaban J connectivity index is 2.25. The van der Waals surface area contributed by atoms with Crippen molar-refractivity contribution in [3.05, 3.63) is 28.8 Å². The Bertz CT molecular complexity index is 483. The number of amides is 1. The minimum atomic E-state index is -0.226. The quantitative estimate of drug-likeness (QED) is 0.827. The molecule has 0 radical (unpaired) electrons. The highest BCUT2D eigenvalue weighted by atomic mass is 35.5. The molecule has 2 rings (SSSR count). The number of benzene rings is 1. The van der Waals surface area contributed by atoms with Crippen LogP contribution in [-0.2, 0) is 23.2 Å². The third-order valence-electron chi connectivity index (χ3n) is 3.65. The van der Waals surface area contributed by atoms with Crippen molar-refractivity contribution < 1.29 is 9.90 Å². The van der Waals surface area contributed by atoms with Gasteiger partial charge in [0, 0.05) is 12.1 Å². The summed E-state index contributed by atoms with van der Waals surface area (Å²) in [6, 6.07) is 3.83. The van der Waals surface area contributed by atoms with Gasteiger partial charge in [-0.3, -0.25) is 4.79 Å². The molecule has 4 heteroatoms. The first-order valence-corrected chi connectivity index (χ1v) is 6.65. The van der Waals surface area contributed by atoms with Crippen LogP contribution in [0.4, 0.5) is 0 Å². The van der Waals surface area contributed by atoms with Gasteiger partial charge in [-0.2, -0.15) is 0 Å². The molecule has 0 atom stereocenters. The highest BCUT2D eigenvalue weighted by Crippen LogP contribution is 2.40. The van der Waals surface area contributed by atoms with Gasteiger partial charge in [-0.15, -0.1) is 11.6 Å². The lowest BCUT2D eigenvalue weighted by Crippen LogP contribution is -2.24. The SMILES string of the molecule is CC1(C)CCc2cc(O)c(CNC(=O)CCl)cc21. The maximum Gasteiger partial charge on any atom is 0.235 e. The van der Waals surface area contributed by atoms with Gasteiger partial charge in [-0.25, -0.2) is 0 Å². The normalized spacial score (nSPS) is 16.4. The molecule has 98 valence electrons. The van der Waals surface area contributed by atoms with Crippen molar-refractivity contribution >= 4 is 17.5 Å². The first kappa shape index (κ1) is 13.2. The number of phenolic OH excluding ortho intramolecular Hbond substituents is 1. The Morgan fingerprint density at radius 3 is 2.89 bits per heavy atom. The topological polar surface area (TPSA) is 49.3 Å². The van der Waals surface area contributed by atoms with Gasteiger partial charge in [0.2, 0.25) is 5.91 Å². The third-order valence-corrected chi connectivity index (χ3v) is 3.89. The molecule has 1 aliphatic carbocycles. The highest BCUT2D eigenvalue weighted by molar-refractivity contribution is 6.27. The van der Waals surface area contributed by atoms with Gasteiger partial charge in [0.25, 0.3) is 0 Å². The highest BCUT2D eigenvalue weighted by Gasteiger charge is 2.30. The molecule has 1 aliphatic rings. The van der Waals surface area contributed by atoms with Gasteiger partial charge in [0.15, 0.2) is 0 Å². The maximum atomic E-state index is 11.1. The summed E-state index contributed by atoms with van der Waals surface area (Å²) in [6.45, 7) is 4.73. The van der Waals surface area contributed by atoms with E-state index in [2.05, 4.69) is 19.2 Å². The van der Waals surface area contributed by atoms with Gasteiger partial charge >= 0.3 is 0 Å². The summed E-state index contributed by atoms with van der Waals surface area (Å²) in [5, 5.41) is 12.6. The van der Waals surface area contributed by atoms with E-state index in [-0.39, 0.29) is 23.0 Å². The number of carbonyl (C=O) groups is 1. The lowest BCUT2D eigenvalue weighted by molar-refractivity contribution is -0.118. The van der Waals surface area contributed by atoms with E-state index in [1.165, 1.54) is 11.1 Å². The van der Waals surface area contributed by atoms with Gasteiger partial charge < -0.3 is 10.4 Å². The summed E-state index contributed by atoms with van der Waals surface area (Å²) >= 11 is 5.42. The van der Waals surface area contributed by atoms with Crippen molar-refractivity contribution in [2.45, 2.75) is 38.6 Å². The lowest BCUT2D eigenvalue weighted by Gasteiger charge is -2.20. The molecule has 0 aromatic heterocycles. The van der Waals surface area contributed by atoms with Gasteiger partial charge in [-0.1, -0.05) is 13.8 Å². The Morgan fingerprint density at radius 1 is 1.50 bits per heavy atom. The molecule has 0 unspecified atom stereocenters. The smallest absolute Gasteiger partial charge is 0.235 e. The van der Waals surface area contributed by atoms with Gasteiger partial charge in [0.1, 0.15) is 11.6 Å². The van der Waals surface area contributed by atoms with Crippen LogP contribution in [0.5, 0.6) is 5.75 Å². The second kappa shape index (κ2) is 4.81. The average molecular weight is 268 g/mol. The molecular formula is C14H18ClNO2. The van der Waals surface area contributed by atoms with E-state index < -0.39 is 0 Å². The Kier molecular flexibility index (Phi) is 3.53. The number of hydrogen-bond acceptors (Lipinski definition) is 2. The minimum Gasteiger partial charge on any atom is -0.508 e. The predicted octanol–water partition coefficient (Wildman–Crippen LogP) is 2.47. The monoisotopic (exact) mass is 267 g/mol. The number of alkyl halides is 1. The lowest BCUT2D eigenvalue weighted by atomic mass is 9.85. The molecule has 18 heavy (non-hydrogen) atoms. The van der Waals surface area contributed by atoms with Crippen LogP contribution in [-0.4, -0.2) is 16.9 Å².